The number of methoxy groups -OCH3 is 1. The molecule has 7 nitrogen and oxygen atoms in total. The number of H-pyrrole nitrogens is 1. The van der Waals surface area contributed by atoms with Crippen LogP contribution in [0.2, 0.25) is 0 Å². The third-order valence-corrected chi connectivity index (χ3v) is 4.12. The van der Waals surface area contributed by atoms with Crippen molar-refractivity contribution >= 4 is 11.0 Å². The standard InChI is InChI=1S/C18H20FN3O4/c1-4-22-18-14(10(2)21-22)16(23)17(24)15(20-18)12-6-5-11(9-13(12)19)26-8-7-25-3/h5-6,9,24H,4,7-8H2,1-3H3,(H,20,23). The maximum atomic E-state index is 14.6. The summed E-state index contributed by atoms with van der Waals surface area (Å²) < 4.78 is 26.4. The van der Waals surface area contributed by atoms with E-state index in [1.54, 1.807) is 24.8 Å². The lowest BCUT2D eigenvalue weighted by molar-refractivity contribution is 0.146. The van der Waals surface area contributed by atoms with Crippen LogP contribution in [0.1, 0.15) is 12.6 Å². The Morgan fingerprint density at radius 3 is 2.77 bits per heavy atom. The highest BCUT2D eigenvalue weighted by atomic mass is 19.1. The van der Waals surface area contributed by atoms with Crippen molar-refractivity contribution in [3.63, 3.8) is 0 Å². The highest BCUT2D eigenvalue weighted by molar-refractivity contribution is 5.84. The number of aryl methyl sites for hydroxylation is 2. The molecule has 0 atom stereocenters. The molecule has 0 bridgehead atoms. The molecule has 0 saturated carbocycles. The monoisotopic (exact) mass is 361 g/mol. The van der Waals surface area contributed by atoms with Crippen molar-refractivity contribution in [1.29, 1.82) is 0 Å². The van der Waals surface area contributed by atoms with E-state index >= 15 is 0 Å². The lowest BCUT2D eigenvalue weighted by Crippen LogP contribution is -2.08. The Morgan fingerprint density at radius 1 is 1.35 bits per heavy atom. The van der Waals surface area contributed by atoms with Crippen molar-refractivity contribution in [2.75, 3.05) is 20.3 Å². The van der Waals surface area contributed by atoms with E-state index in [2.05, 4.69) is 10.1 Å². The molecular weight excluding hydrogens is 341 g/mol. The van der Waals surface area contributed by atoms with Gasteiger partial charge in [0.1, 0.15) is 23.8 Å². The number of rotatable bonds is 6. The van der Waals surface area contributed by atoms with E-state index in [0.29, 0.717) is 35.6 Å². The zero-order valence-corrected chi connectivity index (χ0v) is 14.8. The van der Waals surface area contributed by atoms with Crippen LogP contribution in [-0.4, -0.2) is 40.2 Å². The van der Waals surface area contributed by atoms with E-state index in [1.807, 2.05) is 6.92 Å². The molecule has 3 aromatic rings. The fraction of sp³-hybridized carbons (Fsp3) is 0.333. The number of pyridine rings is 1. The SMILES string of the molecule is CCn1nc(C)c2c(=O)c(O)c(-c3ccc(OCCOC)cc3F)[nH]c21. The van der Waals surface area contributed by atoms with Gasteiger partial charge in [-0.1, -0.05) is 0 Å². The van der Waals surface area contributed by atoms with Gasteiger partial charge in [0.25, 0.3) is 0 Å². The van der Waals surface area contributed by atoms with Gasteiger partial charge >= 0.3 is 0 Å². The molecule has 0 spiro atoms. The van der Waals surface area contributed by atoms with Gasteiger partial charge in [0.15, 0.2) is 5.75 Å². The molecule has 2 heterocycles. The highest BCUT2D eigenvalue weighted by Gasteiger charge is 2.20. The molecular formula is C18H20FN3O4. The number of nitrogens with one attached hydrogen (secondary N) is 1. The number of fused-ring (bicyclic) bond motifs is 1. The van der Waals surface area contributed by atoms with Gasteiger partial charge in [-0.15, -0.1) is 0 Å². The third kappa shape index (κ3) is 3.03. The molecule has 2 aromatic heterocycles. The molecule has 1 aromatic carbocycles. The van der Waals surface area contributed by atoms with Gasteiger partial charge in [-0.2, -0.15) is 5.10 Å². The first-order chi connectivity index (χ1) is 12.5. The number of hydrogen-bond acceptors (Lipinski definition) is 5. The van der Waals surface area contributed by atoms with Gasteiger partial charge < -0.3 is 19.6 Å². The summed E-state index contributed by atoms with van der Waals surface area (Å²) in [6.45, 7) is 4.77. The van der Waals surface area contributed by atoms with E-state index < -0.39 is 17.0 Å². The second kappa shape index (κ2) is 7.17. The first-order valence-corrected chi connectivity index (χ1v) is 8.22. The summed E-state index contributed by atoms with van der Waals surface area (Å²) in [7, 11) is 1.55. The van der Waals surface area contributed by atoms with Crippen molar-refractivity contribution in [2.45, 2.75) is 20.4 Å². The molecule has 0 amide bonds. The number of aromatic hydroxyl groups is 1. The van der Waals surface area contributed by atoms with Crippen molar-refractivity contribution in [1.82, 2.24) is 14.8 Å². The fourth-order valence-corrected chi connectivity index (χ4v) is 2.84. The van der Waals surface area contributed by atoms with Crippen LogP contribution in [0.25, 0.3) is 22.3 Å². The van der Waals surface area contributed by atoms with Crippen LogP contribution in [-0.2, 0) is 11.3 Å². The second-order valence-corrected chi connectivity index (χ2v) is 5.79. The maximum absolute atomic E-state index is 14.6. The number of ether oxygens (including phenoxy) is 2. The maximum Gasteiger partial charge on any atom is 0.235 e. The molecule has 2 N–H and O–H groups in total. The van der Waals surface area contributed by atoms with Crippen molar-refractivity contribution in [3.05, 3.63) is 39.9 Å². The summed E-state index contributed by atoms with van der Waals surface area (Å²) in [6.07, 6.45) is 0. The predicted molar refractivity (Wildman–Crippen MR) is 95.2 cm³/mol. The first kappa shape index (κ1) is 17.9. The average Bonchev–Trinajstić information content (AvgIpc) is 2.94. The quantitative estimate of drug-likeness (QED) is 0.659. The van der Waals surface area contributed by atoms with E-state index in [9.17, 15) is 14.3 Å². The zero-order chi connectivity index (χ0) is 18.8. The normalized spacial score (nSPS) is 11.2. The van der Waals surface area contributed by atoms with Crippen LogP contribution in [0.4, 0.5) is 4.39 Å². The molecule has 0 radical (unpaired) electrons. The van der Waals surface area contributed by atoms with Gasteiger partial charge in [0, 0.05) is 25.3 Å². The smallest absolute Gasteiger partial charge is 0.235 e. The van der Waals surface area contributed by atoms with Crippen LogP contribution < -0.4 is 10.2 Å². The third-order valence-electron chi connectivity index (χ3n) is 4.12. The molecule has 0 aliphatic carbocycles. The molecule has 26 heavy (non-hydrogen) atoms. The number of benzene rings is 1. The summed E-state index contributed by atoms with van der Waals surface area (Å²) >= 11 is 0. The van der Waals surface area contributed by atoms with Crippen LogP contribution in [0, 0.1) is 12.7 Å². The lowest BCUT2D eigenvalue weighted by Gasteiger charge is -2.10. The lowest BCUT2D eigenvalue weighted by atomic mass is 10.1. The Kier molecular flexibility index (Phi) is 4.94. The van der Waals surface area contributed by atoms with E-state index in [1.165, 1.54) is 12.1 Å². The largest absolute Gasteiger partial charge is 0.503 e. The van der Waals surface area contributed by atoms with Gasteiger partial charge in [0.2, 0.25) is 5.43 Å². The average molecular weight is 361 g/mol. The highest BCUT2D eigenvalue weighted by Crippen LogP contribution is 2.31. The van der Waals surface area contributed by atoms with Crippen molar-refractivity contribution in [2.24, 2.45) is 0 Å². The molecule has 138 valence electrons. The van der Waals surface area contributed by atoms with Crippen LogP contribution >= 0.6 is 0 Å². The fourth-order valence-electron chi connectivity index (χ4n) is 2.84. The van der Waals surface area contributed by atoms with Crippen LogP contribution in [0.3, 0.4) is 0 Å². The molecule has 0 fully saturated rings. The van der Waals surface area contributed by atoms with E-state index in [4.69, 9.17) is 9.47 Å². The Bertz CT molecular complexity index is 1010. The van der Waals surface area contributed by atoms with Gasteiger partial charge in [-0.25, -0.2) is 9.07 Å². The van der Waals surface area contributed by atoms with Crippen LogP contribution in [0.15, 0.2) is 23.0 Å². The van der Waals surface area contributed by atoms with E-state index in [0.717, 1.165) is 0 Å². The van der Waals surface area contributed by atoms with Crippen LogP contribution in [0.5, 0.6) is 11.5 Å². The Balaban J connectivity index is 2.10. The van der Waals surface area contributed by atoms with Gasteiger partial charge in [0.05, 0.1) is 23.4 Å². The summed E-state index contributed by atoms with van der Waals surface area (Å²) in [5, 5.41) is 14.9. The topological polar surface area (TPSA) is 89.4 Å². The number of nitrogens with zero attached hydrogens (tertiary/aromatic N) is 2. The predicted octanol–water partition coefficient (Wildman–Crippen LogP) is 2.59. The van der Waals surface area contributed by atoms with Crippen molar-refractivity contribution < 1.29 is 19.0 Å². The Labute approximate surface area is 149 Å². The minimum absolute atomic E-state index is 0.0121. The Hall–Kier alpha value is -2.87. The number of aromatic amines is 1. The summed E-state index contributed by atoms with van der Waals surface area (Å²) in [5.74, 6) is -0.826. The number of aromatic nitrogens is 3. The summed E-state index contributed by atoms with van der Waals surface area (Å²) in [6, 6.07) is 4.22. The zero-order valence-electron chi connectivity index (χ0n) is 14.8. The molecule has 0 aliphatic rings. The molecule has 8 heteroatoms. The second-order valence-electron chi connectivity index (χ2n) is 5.79. The summed E-state index contributed by atoms with van der Waals surface area (Å²) in [4.78, 5) is 15.5. The van der Waals surface area contributed by atoms with Crippen molar-refractivity contribution in [3.8, 4) is 22.8 Å². The molecule has 0 aliphatic heterocycles. The minimum Gasteiger partial charge on any atom is -0.503 e. The Morgan fingerprint density at radius 2 is 2.12 bits per heavy atom. The number of hydrogen-bond donors (Lipinski definition) is 2. The van der Waals surface area contributed by atoms with Gasteiger partial charge in [-0.3, -0.25) is 4.79 Å². The molecule has 0 saturated heterocycles. The minimum atomic E-state index is -0.621. The summed E-state index contributed by atoms with van der Waals surface area (Å²) in [5.41, 5.74) is 0.459. The molecule has 0 unspecified atom stereocenters. The van der Waals surface area contributed by atoms with E-state index in [-0.39, 0.29) is 17.9 Å². The first-order valence-electron chi connectivity index (χ1n) is 8.22. The van der Waals surface area contributed by atoms with Gasteiger partial charge in [-0.05, 0) is 26.0 Å². The number of halogens is 1. The molecule has 3 rings (SSSR count).